The van der Waals surface area contributed by atoms with Gasteiger partial charge in [-0.1, -0.05) is 23.2 Å². The second-order valence-electron chi connectivity index (χ2n) is 4.47. The van der Waals surface area contributed by atoms with E-state index >= 15 is 0 Å². The molecule has 1 aromatic heterocycles. The van der Waals surface area contributed by atoms with Crippen LogP contribution in [-0.2, 0) is 4.79 Å². The zero-order valence-corrected chi connectivity index (χ0v) is 11.6. The summed E-state index contributed by atoms with van der Waals surface area (Å²) in [5.74, 6) is -1.68. The van der Waals surface area contributed by atoms with Gasteiger partial charge in [-0.15, -0.1) is 0 Å². The molecule has 0 radical (unpaired) electrons. The summed E-state index contributed by atoms with van der Waals surface area (Å²) < 4.78 is 0. The fourth-order valence-corrected chi connectivity index (χ4v) is 2.53. The highest BCUT2D eigenvalue weighted by Crippen LogP contribution is 2.27. The summed E-state index contributed by atoms with van der Waals surface area (Å²) in [7, 11) is 0. The van der Waals surface area contributed by atoms with Crippen LogP contribution in [-0.4, -0.2) is 39.5 Å². The predicted octanol–water partition coefficient (Wildman–Crippen LogP) is 2.32. The SMILES string of the molecule is CC1C(C(=O)O)CCN1C(=O)c1cnc(Cl)c(Cl)c1. The fraction of sp³-hybridized carbons (Fsp3) is 0.417. The summed E-state index contributed by atoms with van der Waals surface area (Å²) in [4.78, 5) is 28.7. The topological polar surface area (TPSA) is 70.5 Å². The fourth-order valence-electron chi connectivity index (χ4n) is 2.26. The molecule has 2 heterocycles. The molecule has 2 unspecified atom stereocenters. The average molecular weight is 303 g/mol. The lowest BCUT2D eigenvalue weighted by atomic mass is 10.0. The van der Waals surface area contributed by atoms with Gasteiger partial charge in [0.2, 0.25) is 0 Å². The number of aliphatic carboxylic acids is 1. The van der Waals surface area contributed by atoms with E-state index in [4.69, 9.17) is 28.3 Å². The first-order chi connectivity index (χ1) is 8.91. The van der Waals surface area contributed by atoms with Crippen molar-refractivity contribution in [3.05, 3.63) is 28.0 Å². The lowest BCUT2D eigenvalue weighted by Gasteiger charge is -2.23. The van der Waals surface area contributed by atoms with E-state index in [0.29, 0.717) is 18.5 Å². The number of aromatic nitrogens is 1. The van der Waals surface area contributed by atoms with Crippen LogP contribution in [0.1, 0.15) is 23.7 Å². The average Bonchev–Trinajstić information content (AvgIpc) is 2.74. The smallest absolute Gasteiger partial charge is 0.308 e. The third-order valence-electron chi connectivity index (χ3n) is 3.38. The highest BCUT2D eigenvalue weighted by molar-refractivity contribution is 6.41. The summed E-state index contributed by atoms with van der Waals surface area (Å²) in [6.45, 7) is 2.14. The minimum Gasteiger partial charge on any atom is -0.481 e. The second kappa shape index (κ2) is 5.35. The molecular formula is C12H12Cl2N2O3. The molecule has 19 heavy (non-hydrogen) atoms. The van der Waals surface area contributed by atoms with Crippen molar-refractivity contribution in [3.8, 4) is 0 Å². The first-order valence-electron chi connectivity index (χ1n) is 5.76. The summed E-state index contributed by atoms with van der Waals surface area (Å²) in [5.41, 5.74) is 0.312. The number of carbonyl (C=O) groups is 2. The van der Waals surface area contributed by atoms with Crippen molar-refractivity contribution >= 4 is 35.1 Å². The van der Waals surface area contributed by atoms with Crippen LogP contribution in [0.15, 0.2) is 12.3 Å². The summed E-state index contributed by atoms with van der Waals surface area (Å²) in [6, 6.07) is 1.10. The van der Waals surface area contributed by atoms with Gasteiger partial charge in [-0.25, -0.2) is 4.98 Å². The second-order valence-corrected chi connectivity index (χ2v) is 5.23. The maximum atomic E-state index is 12.3. The normalized spacial score (nSPS) is 22.6. The molecule has 1 amide bonds. The van der Waals surface area contributed by atoms with Crippen LogP contribution in [0.2, 0.25) is 10.2 Å². The van der Waals surface area contributed by atoms with Crippen LogP contribution in [0, 0.1) is 5.92 Å². The highest BCUT2D eigenvalue weighted by atomic mass is 35.5. The van der Waals surface area contributed by atoms with Gasteiger partial charge in [-0.05, 0) is 19.4 Å². The summed E-state index contributed by atoms with van der Waals surface area (Å²) in [5, 5.41) is 9.38. The molecule has 1 N–H and O–H groups in total. The van der Waals surface area contributed by atoms with E-state index in [1.54, 1.807) is 6.92 Å². The van der Waals surface area contributed by atoms with E-state index in [-0.39, 0.29) is 22.1 Å². The Bertz CT molecular complexity index is 536. The van der Waals surface area contributed by atoms with Gasteiger partial charge >= 0.3 is 5.97 Å². The highest BCUT2D eigenvalue weighted by Gasteiger charge is 2.38. The van der Waals surface area contributed by atoms with Crippen LogP contribution < -0.4 is 0 Å². The van der Waals surface area contributed by atoms with Crippen LogP contribution in [0.4, 0.5) is 0 Å². The van der Waals surface area contributed by atoms with Crippen LogP contribution in [0.5, 0.6) is 0 Å². The zero-order valence-electron chi connectivity index (χ0n) is 10.1. The van der Waals surface area contributed by atoms with Gasteiger partial charge in [-0.3, -0.25) is 9.59 Å². The van der Waals surface area contributed by atoms with E-state index in [0.717, 1.165) is 0 Å². The number of pyridine rings is 1. The van der Waals surface area contributed by atoms with E-state index in [1.807, 2.05) is 0 Å². The Morgan fingerprint density at radius 1 is 1.47 bits per heavy atom. The summed E-state index contributed by atoms with van der Waals surface area (Å²) in [6.07, 6.45) is 1.80. The van der Waals surface area contributed by atoms with Crippen LogP contribution in [0.25, 0.3) is 0 Å². The zero-order chi connectivity index (χ0) is 14.2. The largest absolute Gasteiger partial charge is 0.481 e. The molecule has 0 spiro atoms. The molecule has 0 aromatic carbocycles. The van der Waals surface area contributed by atoms with Gasteiger partial charge in [0.05, 0.1) is 16.5 Å². The predicted molar refractivity (Wildman–Crippen MR) is 70.5 cm³/mol. The van der Waals surface area contributed by atoms with Crippen LogP contribution in [0.3, 0.4) is 0 Å². The first kappa shape index (κ1) is 14.1. The third-order valence-corrected chi connectivity index (χ3v) is 4.06. The van der Waals surface area contributed by atoms with E-state index in [2.05, 4.69) is 4.98 Å². The molecule has 2 rings (SSSR count). The van der Waals surface area contributed by atoms with Crippen LogP contribution >= 0.6 is 23.2 Å². The van der Waals surface area contributed by atoms with Gasteiger partial charge in [0.15, 0.2) is 0 Å². The Morgan fingerprint density at radius 3 is 2.68 bits per heavy atom. The molecule has 5 nitrogen and oxygen atoms in total. The number of amides is 1. The molecule has 2 atom stereocenters. The number of likely N-dealkylation sites (tertiary alicyclic amines) is 1. The molecule has 1 saturated heterocycles. The Kier molecular flexibility index (Phi) is 3.96. The number of nitrogens with zero attached hydrogens (tertiary/aromatic N) is 2. The van der Waals surface area contributed by atoms with Gasteiger partial charge in [0, 0.05) is 18.8 Å². The minimum absolute atomic E-state index is 0.135. The number of hydrogen-bond donors (Lipinski definition) is 1. The molecule has 7 heteroatoms. The Hall–Kier alpha value is -1.33. The van der Waals surface area contributed by atoms with Gasteiger partial charge < -0.3 is 10.0 Å². The molecule has 1 aliphatic rings. The van der Waals surface area contributed by atoms with Crippen molar-refractivity contribution in [3.63, 3.8) is 0 Å². The van der Waals surface area contributed by atoms with Crippen molar-refractivity contribution in [2.24, 2.45) is 5.92 Å². The quantitative estimate of drug-likeness (QED) is 0.851. The number of carboxylic acid groups (broad SMARTS) is 1. The standard InChI is InChI=1S/C12H12Cl2N2O3/c1-6-8(12(18)19)2-3-16(6)11(17)7-4-9(13)10(14)15-5-7/h4-6,8H,2-3H2,1H3,(H,18,19). The van der Waals surface area contributed by atoms with Gasteiger partial charge in [0.25, 0.3) is 5.91 Å². The summed E-state index contributed by atoms with van der Waals surface area (Å²) >= 11 is 11.5. The number of hydrogen-bond acceptors (Lipinski definition) is 3. The molecule has 0 saturated carbocycles. The first-order valence-corrected chi connectivity index (χ1v) is 6.52. The van der Waals surface area contributed by atoms with Gasteiger partial charge in [-0.2, -0.15) is 0 Å². The Balaban J connectivity index is 2.21. The lowest BCUT2D eigenvalue weighted by Crippen LogP contribution is -2.37. The lowest BCUT2D eigenvalue weighted by molar-refractivity contribution is -0.142. The molecule has 102 valence electrons. The van der Waals surface area contributed by atoms with Crippen molar-refractivity contribution < 1.29 is 14.7 Å². The Labute approximate surface area is 120 Å². The third kappa shape index (κ3) is 2.67. The molecule has 0 aliphatic carbocycles. The molecular weight excluding hydrogens is 291 g/mol. The molecule has 1 aromatic rings. The number of carbonyl (C=O) groups excluding carboxylic acids is 1. The van der Waals surface area contributed by atoms with Crippen molar-refractivity contribution in [1.29, 1.82) is 0 Å². The van der Waals surface area contributed by atoms with Crippen molar-refractivity contribution in [2.75, 3.05) is 6.54 Å². The molecule has 1 fully saturated rings. The van der Waals surface area contributed by atoms with E-state index in [9.17, 15) is 9.59 Å². The van der Waals surface area contributed by atoms with Crippen molar-refractivity contribution in [2.45, 2.75) is 19.4 Å². The maximum Gasteiger partial charge on any atom is 0.308 e. The monoisotopic (exact) mass is 302 g/mol. The number of rotatable bonds is 2. The van der Waals surface area contributed by atoms with E-state index in [1.165, 1.54) is 17.2 Å². The maximum absolute atomic E-state index is 12.3. The van der Waals surface area contributed by atoms with E-state index < -0.39 is 11.9 Å². The number of halogens is 2. The molecule has 1 aliphatic heterocycles. The molecule has 0 bridgehead atoms. The minimum atomic E-state index is -0.880. The van der Waals surface area contributed by atoms with Gasteiger partial charge in [0.1, 0.15) is 5.15 Å². The number of carboxylic acids is 1. The Morgan fingerprint density at radius 2 is 2.16 bits per heavy atom. The van der Waals surface area contributed by atoms with Crippen molar-refractivity contribution in [1.82, 2.24) is 9.88 Å².